The number of amides is 2. The molecule has 2 heterocycles. The smallest absolute Gasteiger partial charge is 0.283 e. The van der Waals surface area contributed by atoms with Gasteiger partial charge in [-0.25, -0.2) is 4.99 Å². The lowest BCUT2D eigenvalue weighted by atomic mass is 10.1. The Morgan fingerprint density at radius 2 is 1.59 bits per heavy atom. The molecule has 8 nitrogen and oxygen atoms in total. The molecule has 0 saturated carbocycles. The first kappa shape index (κ1) is 28.2. The number of benzene rings is 3. The van der Waals surface area contributed by atoms with Crippen molar-refractivity contribution in [2.45, 2.75) is 13.8 Å². The van der Waals surface area contributed by atoms with Crippen LogP contribution in [-0.2, 0) is 9.59 Å². The van der Waals surface area contributed by atoms with E-state index < -0.39 is 0 Å². The number of anilines is 2. The van der Waals surface area contributed by atoms with Gasteiger partial charge in [0.05, 0.1) is 18.0 Å². The second kappa shape index (κ2) is 12.9. The second-order valence-corrected chi connectivity index (χ2v) is 10.6. The number of ketones is 1. The first-order chi connectivity index (χ1) is 19.9. The van der Waals surface area contributed by atoms with E-state index in [9.17, 15) is 14.4 Å². The van der Waals surface area contributed by atoms with E-state index in [4.69, 9.17) is 4.74 Å². The summed E-state index contributed by atoms with van der Waals surface area (Å²) in [7, 11) is 0. The van der Waals surface area contributed by atoms with Crippen molar-refractivity contribution in [3.63, 3.8) is 0 Å². The van der Waals surface area contributed by atoms with Crippen LogP contribution < -0.4 is 14.5 Å². The van der Waals surface area contributed by atoms with E-state index in [0.29, 0.717) is 54.9 Å². The highest BCUT2D eigenvalue weighted by atomic mass is 32.2. The molecule has 0 bridgehead atoms. The summed E-state index contributed by atoms with van der Waals surface area (Å²) in [5.74, 6) is 0.767. The first-order valence-corrected chi connectivity index (χ1v) is 14.6. The van der Waals surface area contributed by atoms with Crippen molar-refractivity contribution < 1.29 is 19.1 Å². The van der Waals surface area contributed by atoms with Gasteiger partial charge in [0.25, 0.3) is 5.91 Å². The minimum Gasteiger partial charge on any atom is -0.494 e. The van der Waals surface area contributed by atoms with E-state index in [1.54, 1.807) is 17.9 Å². The summed E-state index contributed by atoms with van der Waals surface area (Å²) in [5, 5.41) is 0.482. The number of Topliss-reactive ketones (excluding diaryl/α,β-unsaturated/α-hetero) is 1. The number of hydrogen-bond acceptors (Lipinski definition) is 7. The number of rotatable bonds is 8. The van der Waals surface area contributed by atoms with Crippen molar-refractivity contribution in [2.75, 3.05) is 48.3 Å². The molecule has 0 spiro atoms. The third-order valence-electron chi connectivity index (χ3n) is 6.93. The van der Waals surface area contributed by atoms with Crippen LogP contribution in [-0.4, -0.2) is 66.2 Å². The SMILES string of the molecule is CCOc1ccc(/C=C2/N=C(SCC(=O)N3CCN(c4ccc(C(C)=O)cc4)CC3)N(c3ccccc3)C2=O)cc1. The Bertz CT molecular complexity index is 1460. The van der Waals surface area contributed by atoms with E-state index in [2.05, 4.69) is 9.89 Å². The number of hydrogen-bond donors (Lipinski definition) is 0. The summed E-state index contributed by atoms with van der Waals surface area (Å²) in [6.45, 7) is 6.69. The zero-order valence-electron chi connectivity index (χ0n) is 23.2. The number of aliphatic imine (C=N–C) groups is 1. The van der Waals surface area contributed by atoms with Crippen LogP contribution in [0.3, 0.4) is 0 Å². The van der Waals surface area contributed by atoms with Crippen molar-refractivity contribution in [3.8, 4) is 5.75 Å². The molecule has 3 aromatic rings. The fourth-order valence-corrected chi connectivity index (χ4v) is 5.64. The Labute approximate surface area is 244 Å². The van der Waals surface area contributed by atoms with Crippen LogP contribution in [0.4, 0.5) is 11.4 Å². The first-order valence-electron chi connectivity index (χ1n) is 13.6. The highest BCUT2D eigenvalue weighted by molar-refractivity contribution is 8.14. The average molecular weight is 569 g/mol. The summed E-state index contributed by atoms with van der Waals surface area (Å²) in [6.07, 6.45) is 1.76. The molecule has 0 radical (unpaired) electrons. The van der Waals surface area contributed by atoms with Gasteiger partial charge in [0, 0.05) is 37.4 Å². The summed E-state index contributed by atoms with van der Waals surface area (Å²) in [4.78, 5) is 48.5. The number of piperazine rings is 1. The van der Waals surface area contributed by atoms with Crippen LogP contribution in [0.1, 0.15) is 29.8 Å². The molecule has 0 unspecified atom stereocenters. The molecule has 3 aromatic carbocycles. The maximum Gasteiger partial charge on any atom is 0.283 e. The topological polar surface area (TPSA) is 82.5 Å². The lowest BCUT2D eigenvalue weighted by molar-refractivity contribution is -0.128. The minimum atomic E-state index is -0.232. The van der Waals surface area contributed by atoms with Crippen LogP contribution in [0, 0.1) is 0 Å². The summed E-state index contributed by atoms with van der Waals surface area (Å²) in [6, 6.07) is 24.5. The molecule has 210 valence electrons. The van der Waals surface area contributed by atoms with Crippen LogP contribution in [0.2, 0.25) is 0 Å². The number of amidine groups is 1. The number of thioether (sulfide) groups is 1. The largest absolute Gasteiger partial charge is 0.494 e. The Hall–Kier alpha value is -4.37. The molecule has 9 heteroatoms. The fraction of sp³-hybridized carbons (Fsp3) is 0.250. The zero-order chi connectivity index (χ0) is 28.8. The molecule has 1 saturated heterocycles. The summed E-state index contributed by atoms with van der Waals surface area (Å²) in [5.41, 5.74) is 3.59. The minimum absolute atomic E-state index is 0.00804. The van der Waals surface area contributed by atoms with Crippen LogP contribution in [0.15, 0.2) is 89.6 Å². The van der Waals surface area contributed by atoms with E-state index in [-0.39, 0.29) is 23.4 Å². The maximum atomic E-state index is 13.5. The quantitative estimate of drug-likeness (QED) is 0.277. The van der Waals surface area contributed by atoms with Crippen molar-refractivity contribution in [2.24, 2.45) is 4.99 Å². The third kappa shape index (κ3) is 6.69. The van der Waals surface area contributed by atoms with Gasteiger partial charge in [-0.15, -0.1) is 0 Å². The van der Waals surface area contributed by atoms with E-state index in [1.165, 1.54) is 11.8 Å². The molecule has 0 aromatic heterocycles. The molecular weight excluding hydrogens is 536 g/mol. The Balaban J connectivity index is 1.25. The molecule has 0 N–H and O–H groups in total. The van der Waals surface area contributed by atoms with Gasteiger partial charge in [-0.2, -0.15) is 0 Å². The Morgan fingerprint density at radius 1 is 0.902 bits per heavy atom. The molecule has 2 aliphatic heterocycles. The van der Waals surface area contributed by atoms with Crippen LogP contribution >= 0.6 is 11.8 Å². The highest BCUT2D eigenvalue weighted by Gasteiger charge is 2.33. The van der Waals surface area contributed by atoms with Gasteiger partial charge in [0.2, 0.25) is 5.91 Å². The standard InChI is InChI=1S/C32H32N4O4S/c1-3-40-28-15-9-24(10-16-28)21-29-31(39)36(27-7-5-4-6-8-27)32(33-29)41-22-30(38)35-19-17-34(18-20-35)26-13-11-25(12-14-26)23(2)37/h4-16,21H,3,17-20,22H2,1-2H3/b29-21+. The van der Waals surface area contributed by atoms with Gasteiger partial charge >= 0.3 is 0 Å². The van der Waals surface area contributed by atoms with E-state index in [1.807, 2.05) is 90.7 Å². The normalized spacial score (nSPS) is 16.2. The number of carbonyl (C=O) groups excluding carboxylic acids is 3. The number of para-hydroxylation sites is 1. The average Bonchev–Trinajstić information content (AvgIpc) is 3.31. The third-order valence-corrected chi connectivity index (χ3v) is 7.86. The van der Waals surface area contributed by atoms with Gasteiger partial charge in [-0.1, -0.05) is 42.1 Å². The molecule has 2 amide bonds. The Morgan fingerprint density at radius 3 is 2.22 bits per heavy atom. The maximum absolute atomic E-state index is 13.5. The lowest BCUT2D eigenvalue weighted by Crippen LogP contribution is -2.49. The summed E-state index contributed by atoms with van der Waals surface area (Å²) >= 11 is 1.27. The van der Waals surface area contributed by atoms with Crippen molar-refractivity contribution in [1.29, 1.82) is 0 Å². The highest BCUT2D eigenvalue weighted by Crippen LogP contribution is 2.30. The molecular formula is C32H32N4O4S. The van der Waals surface area contributed by atoms with Gasteiger partial charge in [-0.3, -0.25) is 19.3 Å². The predicted octanol–water partition coefficient (Wildman–Crippen LogP) is 5.11. The molecule has 1 fully saturated rings. The molecule has 41 heavy (non-hydrogen) atoms. The number of carbonyl (C=O) groups is 3. The van der Waals surface area contributed by atoms with E-state index >= 15 is 0 Å². The summed E-state index contributed by atoms with van der Waals surface area (Å²) < 4.78 is 5.51. The van der Waals surface area contributed by atoms with Crippen molar-refractivity contribution >= 4 is 52.0 Å². The lowest BCUT2D eigenvalue weighted by Gasteiger charge is -2.36. The number of ether oxygens (including phenoxy) is 1. The Kier molecular flexibility index (Phi) is 8.84. The molecule has 2 aliphatic rings. The van der Waals surface area contributed by atoms with Crippen LogP contribution in [0.25, 0.3) is 6.08 Å². The van der Waals surface area contributed by atoms with Crippen molar-refractivity contribution in [3.05, 3.63) is 95.7 Å². The molecule has 0 atom stereocenters. The second-order valence-electron chi connectivity index (χ2n) is 9.66. The van der Waals surface area contributed by atoms with Crippen molar-refractivity contribution in [1.82, 2.24) is 4.90 Å². The van der Waals surface area contributed by atoms with Gasteiger partial charge in [0.15, 0.2) is 11.0 Å². The zero-order valence-corrected chi connectivity index (χ0v) is 24.0. The number of nitrogens with zero attached hydrogens (tertiary/aromatic N) is 4. The molecule has 5 rings (SSSR count). The van der Waals surface area contributed by atoms with E-state index in [0.717, 1.165) is 17.0 Å². The predicted molar refractivity (Wildman–Crippen MR) is 165 cm³/mol. The van der Waals surface area contributed by atoms with Gasteiger partial charge < -0.3 is 14.5 Å². The fourth-order valence-electron chi connectivity index (χ4n) is 4.72. The monoisotopic (exact) mass is 568 g/mol. The molecule has 0 aliphatic carbocycles. The van der Waals surface area contributed by atoms with Gasteiger partial charge in [0.1, 0.15) is 11.4 Å². The van der Waals surface area contributed by atoms with Crippen LogP contribution in [0.5, 0.6) is 5.75 Å². The van der Waals surface area contributed by atoms with Gasteiger partial charge in [-0.05, 0) is 74.0 Å².